The number of carbonyl (C=O) groups excluding carboxylic acids is 2. The van der Waals surface area contributed by atoms with Crippen molar-refractivity contribution in [1.29, 1.82) is 0 Å². The number of carbonyl (C=O) groups is 2. The van der Waals surface area contributed by atoms with Gasteiger partial charge < -0.3 is 10.1 Å². The Labute approximate surface area is 176 Å². The van der Waals surface area contributed by atoms with Crippen LogP contribution in [0.25, 0.3) is 0 Å². The molecule has 1 heterocycles. The first-order valence-corrected chi connectivity index (χ1v) is 11.2. The molecule has 0 bridgehead atoms. The molecule has 2 aromatic rings. The third-order valence-corrected chi connectivity index (χ3v) is 6.36. The second kappa shape index (κ2) is 10.6. The van der Waals surface area contributed by atoms with E-state index in [0.29, 0.717) is 32.0 Å². The van der Waals surface area contributed by atoms with Crippen molar-refractivity contribution < 1.29 is 14.3 Å². The van der Waals surface area contributed by atoms with Gasteiger partial charge in [-0.15, -0.1) is 10.2 Å². The van der Waals surface area contributed by atoms with Gasteiger partial charge in [0.15, 0.2) is 10.9 Å². The lowest BCUT2D eigenvalue weighted by Crippen LogP contribution is -2.37. The highest BCUT2D eigenvalue weighted by Crippen LogP contribution is 2.25. The molecule has 1 fully saturated rings. The molecule has 150 valence electrons. The van der Waals surface area contributed by atoms with E-state index < -0.39 is 0 Å². The quantitative estimate of drug-likeness (QED) is 0.479. The molecule has 0 unspecified atom stereocenters. The molecule has 0 aliphatic heterocycles. The normalized spacial score (nSPS) is 14.5. The first-order chi connectivity index (χ1) is 13.6. The number of nitrogens with one attached hydrogen (secondary N) is 2. The van der Waals surface area contributed by atoms with Gasteiger partial charge in [-0.2, -0.15) is 0 Å². The van der Waals surface area contributed by atoms with Crippen LogP contribution in [0.15, 0.2) is 28.6 Å². The van der Waals surface area contributed by atoms with E-state index in [1.54, 1.807) is 24.3 Å². The van der Waals surface area contributed by atoms with Gasteiger partial charge in [0.1, 0.15) is 5.75 Å². The molecule has 1 aliphatic rings. The van der Waals surface area contributed by atoms with E-state index >= 15 is 0 Å². The van der Waals surface area contributed by atoms with Crippen molar-refractivity contribution in [1.82, 2.24) is 15.5 Å². The highest BCUT2D eigenvalue weighted by atomic mass is 35.5. The van der Waals surface area contributed by atoms with Crippen molar-refractivity contribution in [3.8, 4) is 5.75 Å². The second-order valence-corrected chi connectivity index (χ2v) is 8.99. The van der Waals surface area contributed by atoms with Gasteiger partial charge in [-0.25, -0.2) is 0 Å². The Morgan fingerprint density at radius 3 is 2.64 bits per heavy atom. The fourth-order valence-electron chi connectivity index (χ4n) is 2.80. The van der Waals surface area contributed by atoms with Crippen LogP contribution in [-0.4, -0.2) is 40.4 Å². The van der Waals surface area contributed by atoms with E-state index in [-0.39, 0.29) is 18.4 Å². The fourth-order valence-corrected chi connectivity index (χ4v) is 4.50. The van der Waals surface area contributed by atoms with E-state index in [4.69, 9.17) is 16.3 Å². The number of hydrogen-bond acceptors (Lipinski definition) is 7. The molecule has 3 rings (SSSR count). The van der Waals surface area contributed by atoms with Crippen molar-refractivity contribution in [2.45, 2.75) is 42.5 Å². The minimum Gasteiger partial charge on any atom is -0.484 e. The Bertz CT molecular complexity index is 794. The monoisotopic (exact) mass is 440 g/mol. The summed E-state index contributed by atoms with van der Waals surface area (Å²) < 4.78 is 6.01. The lowest BCUT2D eigenvalue weighted by atomic mass is 9.95. The van der Waals surface area contributed by atoms with Crippen LogP contribution in [0.4, 0.5) is 5.13 Å². The summed E-state index contributed by atoms with van der Waals surface area (Å²) in [5, 5.41) is 14.6. The van der Waals surface area contributed by atoms with E-state index in [9.17, 15) is 9.59 Å². The van der Waals surface area contributed by atoms with E-state index in [0.717, 1.165) is 12.8 Å². The second-order valence-electron chi connectivity index (χ2n) is 6.36. The number of aromatic nitrogens is 2. The number of benzene rings is 1. The van der Waals surface area contributed by atoms with Crippen LogP contribution in [0.1, 0.15) is 32.1 Å². The SMILES string of the molecule is O=C(COc1ccc(Cl)cc1)Nc1nnc(SCC(=O)NC2CCCCC2)s1. The largest absolute Gasteiger partial charge is 0.484 e. The average molecular weight is 441 g/mol. The zero-order chi connectivity index (χ0) is 19.8. The van der Waals surface area contributed by atoms with Crippen LogP contribution in [0.2, 0.25) is 5.02 Å². The third-order valence-electron chi connectivity index (χ3n) is 4.13. The van der Waals surface area contributed by atoms with Crippen molar-refractivity contribution >= 4 is 51.6 Å². The summed E-state index contributed by atoms with van der Waals surface area (Å²) in [7, 11) is 0. The van der Waals surface area contributed by atoms with Crippen molar-refractivity contribution in [3.05, 3.63) is 29.3 Å². The summed E-state index contributed by atoms with van der Waals surface area (Å²) in [6.45, 7) is -0.145. The number of hydrogen-bond donors (Lipinski definition) is 2. The first-order valence-electron chi connectivity index (χ1n) is 9.02. The number of halogens is 1. The molecule has 2 N–H and O–H groups in total. The molecule has 0 spiro atoms. The Kier molecular flexibility index (Phi) is 7.93. The highest BCUT2D eigenvalue weighted by molar-refractivity contribution is 8.01. The van der Waals surface area contributed by atoms with E-state index in [1.807, 2.05) is 0 Å². The van der Waals surface area contributed by atoms with Crippen LogP contribution >= 0.6 is 34.7 Å². The topological polar surface area (TPSA) is 93.2 Å². The zero-order valence-corrected chi connectivity index (χ0v) is 17.5. The maximum atomic E-state index is 12.0. The molecular formula is C18H21ClN4O3S2. The van der Waals surface area contributed by atoms with Gasteiger partial charge in [-0.05, 0) is 37.1 Å². The first kappa shape index (κ1) is 20.9. The lowest BCUT2D eigenvalue weighted by Gasteiger charge is -2.22. The van der Waals surface area contributed by atoms with Crippen LogP contribution < -0.4 is 15.4 Å². The van der Waals surface area contributed by atoms with Crippen LogP contribution in [0.3, 0.4) is 0 Å². The van der Waals surface area contributed by atoms with E-state index in [2.05, 4.69) is 20.8 Å². The molecule has 10 heteroatoms. The Morgan fingerprint density at radius 1 is 1.14 bits per heavy atom. The smallest absolute Gasteiger partial charge is 0.264 e. The minimum atomic E-state index is -0.335. The summed E-state index contributed by atoms with van der Waals surface area (Å²) in [5.74, 6) is 0.516. The lowest BCUT2D eigenvalue weighted by molar-refractivity contribution is -0.119. The van der Waals surface area contributed by atoms with Crippen LogP contribution in [0.5, 0.6) is 5.75 Å². The van der Waals surface area contributed by atoms with Crippen molar-refractivity contribution in [3.63, 3.8) is 0 Å². The van der Waals surface area contributed by atoms with E-state index in [1.165, 1.54) is 42.4 Å². The summed E-state index contributed by atoms with van der Waals surface area (Å²) in [6.07, 6.45) is 5.73. The highest BCUT2D eigenvalue weighted by Gasteiger charge is 2.16. The maximum absolute atomic E-state index is 12.0. The summed E-state index contributed by atoms with van der Waals surface area (Å²) in [5.41, 5.74) is 0. The predicted octanol–water partition coefficient (Wildman–Crippen LogP) is 3.75. The minimum absolute atomic E-state index is 0.00838. The number of nitrogens with zero attached hydrogens (tertiary/aromatic N) is 2. The van der Waals surface area contributed by atoms with Gasteiger partial charge in [0.25, 0.3) is 5.91 Å². The fraction of sp³-hybridized carbons (Fsp3) is 0.444. The van der Waals surface area contributed by atoms with Gasteiger partial charge in [-0.1, -0.05) is 54.0 Å². The molecule has 1 saturated carbocycles. The predicted molar refractivity (Wildman–Crippen MR) is 111 cm³/mol. The molecule has 1 aromatic carbocycles. The summed E-state index contributed by atoms with van der Waals surface area (Å²) in [6, 6.07) is 7.05. The summed E-state index contributed by atoms with van der Waals surface area (Å²) in [4.78, 5) is 24.0. The van der Waals surface area contributed by atoms with Crippen LogP contribution in [-0.2, 0) is 9.59 Å². The number of thioether (sulfide) groups is 1. The van der Waals surface area contributed by atoms with Gasteiger partial charge in [0.05, 0.1) is 5.75 Å². The number of anilines is 1. The Hall–Kier alpha value is -1.84. The standard InChI is InChI=1S/C18H21ClN4O3S2/c19-12-6-8-14(9-7-12)26-10-15(24)21-17-22-23-18(28-17)27-11-16(25)20-13-4-2-1-3-5-13/h6-9,13H,1-5,10-11H2,(H,20,25)(H,21,22,24). The van der Waals surface area contributed by atoms with Crippen LogP contribution in [0, 0.1) is 0 Å². The van der Waals surface area contributed by atoms with Crippen molar-refractivity contribution in [2.75, 3.05) is 17.7 Å². The molecule has 0 saturated heterocycles. The number of amides is 2. The number of ether oxygens (including phenoxy) is 1. The molecule has 1 aromatic heterocycles. The molecule has 2 amide bonds. The molecule has 0 atom stereocenters. The molecule has 28 heavy (non-hydrogen) atoms. The number of rotatable bonds is 8. The van der Waals surface area contributed by atoms with Gasteiger partial charge in [0, 0.05) is 11.1 Å². The molecule has 0 radical (unpaired) electrons. The summed E-state index contributed by atoms with van der Waals surface area (Å²) >= 11 is 8.35. The van der Waals surface area contributed by atoms with Gasteiger partial charge >= 0.3 is 0 Å². The van der Waals surface area contributed by atoms with Gasteiger partial charge in [-0.3, -0.25) is 14.9 Å². The maximum Gasteiger partial charge on any atom is 0.264 e. The average Bonchev–Trinajstić information content (AvgIpc) is 3.14. The molecule has 7 nitrogen and oxygen atoms in total. The molecule has 1 aliphatic carbocycles. The third kappa shape index (κ3) is 6.96. The Balaban J connectivity index is 1.37. The van der Waals surface area contributed by atoms with Crippen molar-refractivity contribution in [2.24, 2.45) is 0 Å². The molecular weight excluding hydrogens is 420 g/mol. The zero-order valence-electron chi connectivity index (χ0n) is 15.2. The van der Waals surface area contributed by atoms with Gasteiger partial charge in [0.2, 0.25) is 11.0 Å². The Morgan fingerprint density at radius 2 is 1.89 bits per heavy atom.